The predicted octanol–water partition coefficient (Wildman–Crippen LogP) is 2.44. The van der Waals surface area contributed by atoms with Crippen LogP contribution in [0.2, 0.25) is 0 Å². The lowest BCUT2D eigenvalue weighted by Crippen LogP contribution is -2.38. The van der Waals surface area contributed by atoms with Crippen LogP contribution in [0.5, 0.6) is 0 Å². The Labute approximate surface area is 130 Å². The van der Waals surface area contributed by atoms with Crippen molar-refractivity contribution in [3.63, 3.8) is 0 Å². The molecule has 1 aliphatic rings. The van der Waals surface area contributed by atoms with Crippen molar-refractivity contribution in [1.29, 1.82) is 0 Å². The lowest BCUT2D eigenvalue weighted by molar-refractivity contribution is -0.140. The molecule has 0 spiro atoms. The number of carbonyl (C=O) groups is 2. The zero-order chi connectivity index (χ0) is 16.3. The minimum Gasteiger partial charge on any atom is -0.347 e. The van der Waals surface area contributed by atoms with Crippen LogP contribution in [0.4, 0.5) is 18.9 Å². The van der Waals surface area contributed by atoms with Gasteiger partial charge in [-0.05, 0) is 30.5 Å². The Morgan fingerprint density at radius 1 is 1.36 bits per heavy atom. The second kappa shape index (κ2) is 6.60. The fraction of sp³-hybridized carbons (Fsp3) is 0.429. The number of hydrogen-bond donors (Lipinski definition) is 1. The highest BCUT2D eigenvalue weighted by Gasteiger charge is 2.36. The number of anilines is 1. The highest BCUT2D eigenvalue weighted by Crippen LogP contribution is 2.27. The number of nitrogens with zero attached hydrogens (tertiary/aromatic N) is 1. The summed E-state index contributed by atoms with van der Waals surface area (Å²) in [5, 5.41) is 1.83. The van der Waals surface area contributed by atoms with Gasteiger partial charge in [0, 0.05) is 23.5 Å². The predicted molar refractivity (Wildman–Crippen MR) is 77.7 cm³/mol. The van der Waals surface area contributed by atoms with E-state index in [9.17, 15) is 22.8 Å². The second-order valence-corrected chi connectivity index (χ2v) is 5.82. The summed E-state index contributed by atoms with van der Waals surface area (Å²) in [6, 6.07) is 7.23. The number of nitrogens with one attached hydrogen (secondary N) is 1. The molecule has 1 aromatic rings. The van der Waals surface area contributed by atoms with Crippen LogP contribution in [0.25, 0.3) is 0 Å². The van der Waals surface area contributed by atoms with Gasteiger partial charge in [-0.2, -0.15) is 13.2 Å². The Kier molecular flexibility index (Phi) is 5.00. The summed E-state index contributed by atoms with van der Waals surface area (Å²) in [5.74, 6) is -1.76. The van der Waals surface area contributed by atoms with Crippen molar-refractivity contribution in [2.75, 3.05) is 24.2 Å². The van der Waals surface area contributed by atoms with Gasteiger partial charge >= 0.3 is 6.18 Å². The molecule has 1 aliphatic heterocycles. The minimum atomic E-state index is -4.45. The lowest BCUT2D eigenvalue weighted by atomic mass is 10.1. The summed E-state index contributed by atoms with van der Waals surface area (Å²) in [7, 11) is 0. The number of alkyl halides is 3. The average Bonchev–Trinajstić information content (AvgIpc) is 2.86. The molecule has 1 saturated heterocycles. The summed E-state index contributed by atoms with van der Waals surface area (Å²) in [6.45, 7) is -1.28. The Balaban J connectivity index is 1.99. The topological polar surface area (TPSA) is 49.4 Å². The van der Waals surface area contributed by atoms with Gasteiger partial charge in [-0.25, -0.2) is 0 Å². The van der Waals surface area contributed by atoms with Gasteiger partial charge in [-0.1, -0.05) is 0 Å². The van der Waals surface area contributed by atoms with E-state index in [4.69, 9.17) is 0 Å². The second-order valence-electron chi connectivity index (χ2n) is 4.94. The van der Waals surface area contributed by atoms with E-state index >= 15 is 0 Å². The molecule has 1 fully saturated rings. The maximum absolute atomic E-state index is 12.1. The van der Waals surface area contributed by atoms with Gasteiger partial charge in [-0.3, -0.25) is 9.59 Å². The molecule has 8 heteroatoms. The van der Waals surface area contributed by atoms with Gasteiger partial charge in [0.2, 0.25) is 11.8 Å². The van der Waals surface area contributed by atoms with Gasteiger partial charge < -0.3 is 10.2 Å². The highest BCUT2D eigenvalue weighted by atomic mass is 32.2. The standard InChI is InChI=1S/C14H15F3N2O2S/c1-22-11-4-2-10(3-5-11)19-7-9(6-12(19)20)13(21)18-8-14(15,16)17/h2-5,9H,6-8H2,1H3,(H,18,21)/t9-/m0/s1. The molecule has 1 N–H and O–H groups in total. The number of carbonyl (C=O) groups excluding carboxylic acids is 2. The molecular weight excluding hydrogens is 317 g/mol. The van der Waals surface area contributed by atoms with Gasteiger partial charge in [0.05, 0.1) is 5.92 Å². The normalized spacial score (nSPS) is 18.6. The van der Waals surface area contributed by atoms with Crippen LogP contribution in [-0.4, -0.2) is 37.3 Å². The van der Waals surface area contributed by atoms with Gasteiger partial charge in [0.25, 0.3) is 0 Å². The van der Waals surface area contributed by atoms with E-state index in [0.29, 0.717) is 5.69 Å². The molecule has 120 valence electrons. The van der Waals surface area contributed by atoms with E-state index in [2.05, 4.69) is 0 Å². The van der Waals surface area contributed by atoms with E-state index in [0.717, 1.165) is 4.90 Å². The summed E-state index contributed by atoms with van der Waals surface area (Å²) in [4.78, 5) is 26.2. The minimum absolute atomic E-state index is 0.0754. The SMILES string of the molecule is CSc1ccc(N2C[C@@H](C(=O)NCC(F)(F)F)CC2=O)cc1. The van der Waals surface area contributed by atoms with Crippen LogP contribution in [0.1, 0.15) is 6.42 Å². The molecule has 0 saturated carbocycles. The van der Waals surface area contributed by atoms with Gasteiger partial charge in [0.15, 0.2) is 0 Å². The first kappa shape index (κ1) is 16.7. The van der Waals surface area contributed by atoms with Crippen molar-refractivity contribution in [3.8, 4) is 0 Å². The molecule has 0 aliphatic carbocycles. The van der Waals surface area contributed by atoms with Crippen LogP contribution >= 0.6 is 11.8 Å². The summed E-state index contributed by atoms with van der Waals surface area (Å²) < 4.78 is 36.3. The number of benzene rings is 1. The van der Waals surface area contributed by atoms with Gasteiger partial charge in [0.1, 0.15) is 6.54 Å². The molecule has 4 nitrogen and oxygen atoms in total. The highest BCUT2D eigenvalue weighted by molar-refractivity contribution is 7.98. The molecule has 0 unspecified atom stereocenters. The summed E-state index contributed by atoms with van der Waals surface area (Å²) in [6.07, 6.45) is -2.60. The Morgan fingerprint density at radius 3 is 2.55 bits per heavy atom. The van der Waals surface area contributed by atoms with Crippen molar-refractivity contribution >= 4 is 29.3 Å². The molecule has 2 rings (SSSR count). The number of rotatable bonds is 4. The number of hydrogen-bond acceptors (Lipinski definition) is 3. The quantitative estimate of drug-likeness (QED) is 0.862. The lowest BCUT2D eigenvalue weighted by Gasteiger charge is -2.17. The molecule has 1 atom stereocenters. The smallest absolute Gasteiger partial charge is 0.347 e. The zero-order valence-corrected chi connectivity index (χ0v) is 12.6. The number of amides is 2. The number of halogens is 3. The Bertz CT molecular complexity index is 560. The third kappa shape index (κ3) is 4.16. The van der Waals surface area contributed by atoms with Crippen LogP contribution in [0.3, 0.4) is 0 Å². The molecular formula is C14H15F3N2O2S. The zero-order valence-electron chi connectivity index (χ0n) is 11.8. The monoisotopic (exact) mass is 332 g/mol. The summed E-state index contributed by atoms with van der Waals surface area (Å²) in [5.41, 5.74) is 0.647. The van der Waals surface area contributed by atoms with Crippen molar-refractivity contribution in [2.24, 2.45) is 5.92 Å². The van der Waals surface area contributed by atoms with Gasteiger partial charge in [-0.15, -0.1) is 11.8 Å². The maximum atomic E-state index is 12.1. The number of thioether (sulfide) groups is 1. The molecule has 22 heavy (non-hydrogen) atoms. The van der Waals surface area contributed by atoms with Crippen molar-refractivity contribution in [1.82, 2.24) is 5.32 Å². The molecule has 0 bridgehead atoms. The van der Waals surface area contributed by atoms with E-state index in [1.165, 1.54) is 4.90 Å². The van der Waals surface area contributed by atoms with Crippen LogP contribution in [0.15, 0.2) is 29.2 Å². The van der Waals surface area contributed by atoms with E-state index < -0.39 is 24.5 Å². The van der Waals surface area contributed by atoms with Crippen molar-refractivity contribution < 1.29 is 22.8 Å². The maximum Gasteiger partial charge on any atom is 0.405 e. The average molecular weight is 332 g/mol. The molecule has 0 aromatic heterocycles. The molecule has 1 aromatic carbocycles. The first-order chi connectivity index (χ1) is 10.3. The summed E-state index contributed by atoms with van der Waals surface area (Å²) >= 11 is 1.56. The van der Waals surface area contributed by atoms with Crippen molar-refractivity contribution in [2.45, 2.75) is 17.5 Å². The van der Waals surface area contributed by atoms with Crippen LogP contribution in [0, 0.1) is 5.92 Å². The van der Waals surface area contributed by atoms with Crippen LogP contribution < -0.4 is 10.2 Å². The Morgan fingerprint density at radius 2 is 2.00 bits per heavy atom. The third-order valence-electron chi connectivity index (χ3n) is 3.34. The van der Waals surface area contributed by atoms with E-state index in [1.807, 2.05) is 23.7 Å². The largest absolute Gasteiger partial charge is 0.405 e. The van der Waals surface area contributed by atoms with E-state index in [1.54, 1.807) is 23.9 Å². The first-order valence-corrected chi connectivity index (χ1v) is 7.81. The van der Waals surface area contributed by atoms with E-state index in [-0.39, 0.29) is 18.9 Å². The van der Waals surface area contributed by atoms with Crippen LogP contribution in [-0.2, 0) is 9.59 Å². The Hall–Kier alpha value is -1.70. The first-order valence-electron chi connectivity index (χ1n) is 6.59. The fourth-order valence-electron chi connectivity index (χ4n) is 2.23. The third-order valence-corrected chi connectivity index (χ3v) is 4.09. The molecule has 0 radical (unpaired) electrons. The van der Waals surface area contributed by atoms with Crippen molar-refractivity contribution in [3.05, 3.63) is 24.3 Å². The fourth-order valence-corrected chi connectivity index (χ4v) is 2.63. The molecule has 2 amide bonds. The molecule has 1 heterocycles.